The van der Waals surface area contributed by atoms with Gasteiger partial charge in [-0.05, 0) is 35.9 Å². The maximum Gasteiger partial charge on any atom is 0.232 e. The maximum absolute atomic E-state index is 13.4. The fourth-order valence-corrected chi connectivity index (χ4v) is 3.78. The molecule has 0 aliphatic heterocycles. The van der Waals surface area contributed by atoms with Gasteiger partial charge in [-0.15, -0.1) is 0 Å². The Balaban J connectivity index is 1.98. The maximum atomic E-state index is 13.4. The van der Waals surface area contributed by atoms with Gasteiger partial charge in [-0.3, -0.25) is 4.57 Å². The smallest absolute Gasteiger partial charge is 0.232 e. The van der Waals surface area contributed by atoms with E-state index >= 15 is 0 Å². The number of hydrogen-bond acceptors (Lipinski definition) is 3. The van der Waals surface area contributed by atoms with Crippen LogP contribution in [0.2, 0.25) is 5.02 Å². The normalized spacial score (nSPS) is 11.6. The molecule has 23 heavy (non-hydrogen) atoms. The SMILES string of the molecule is O=S(=O)(Cc1ccc(Cl)cc1)c1nccn1-c1cccc(F)c1. The van der Waals surface area contributed by atoms with Gasteiger partial charge in [-0.2, -0.15) is 0 Å². The molecule has 0 fully saturated rings. The van der Waals surface area contributed by atoms with E-state index in [1.165, 1.54) is 35.2 Å². The predicted octanol–water partition coefficient (Wildman–Crippen LogP) is 3.64. The summed E-state index contributed by atoms with van der Waals surface area (Å²) in [5, 5.41) is 0.408. The largest absolute Gasteiger partial charge is 0.291 e. The van der Waals surface area contributed by atoms with Crippen molar-refractivity contribution in [3.05, 3.63) is 77.3 Å². The van der Waals surface area contributed by atoms with E-state index in [0.717, 1.165) is 0 Å². The summed E-state index contributed by atoms with van der Waals surface area (Å²) < 4.78 is 40.0. The first-order valence-electron chi connectivity index (χ1n) is 6.72. The van der Waals surface area contributed by atoms with Crippen LogP contribution in [0.5, 0.6) is 0 Å². The summed E-state index contributed by atoms with van der Waals surface area (Å²) in [6.07, 6.45) is 2.86. The molecule has 3 rings (SSSR count). The minimum atomic E-state index is -3.69. The third kappa shape index (κ3) is 3.43. The Labute approximate surface area is 138 Å². The first-order chi connectivity index (χ1) is 11.0. The van der Waals surface area contributed by atoms with E-state index in [4.69, 9.17) is 11.6 Å². The summed E-state index contributed by atoms with van der Waals surface area (Å²) in [7, 11) is -3.69. The van der Waals surface area contributed by atoms with E-state index in [0.29, 0.717) is 16.3 Å². The molecule has 0 saturated carbocycles. The number of rotatable bonds is 4. The van der Waals surface area contributed by atoms with Crippen LogP contribution in [0.15, 0.2) is 66.1 Å². The van der Waals surface area contributed by atoms with E-state index in [1.807, 2.05) is 0 Å². The molecule has 3 aromatic rings. The number of aromatic nitrogens is 2. The van der Waals surface area contributed by atoms with Crippen LogP contribution in [0.1, 0.15) is 5.56 Å². The summed E-state index contributed by atoms with van der Waals surface area (Å²) in [6.45, 7) is 0. The van der Waals surface area contributed by atoms with Crippen molar-refractivity contribution in [1.29, 1.82) is 0 Å². The van der Waals surface area contributed by atoms with Gasteiger partial charge < -0.3 is 0 Å². The Morgan fingerprint density at radius 2 is 1.87 bits per heavy atom. The predicted molar refractivity (Wildman–Crippen MR) is 85.9 cm³/mol. The van der Waals surface area contributed by atoms with Crippen molar-refractivity contribution in [2.45, 2.75) is 10.9 Å². The lowest BCUT2D eigenvalue weighted by Crippen LogP contribution is -2.12. The van der Waals surface area contributed by atoms with Crippen molar-refractivity contribution in [2.24, 2.45) is 0 Å². The van der Waals surface area contributed by atoms with Gasteiger partial charge in [0.2, 0.25) is 15.0 Å². The van der Waals surface area contributed by atoms with E-state index < -0.39 is 15.7 Å². The van der Waals surface area contributed by atoms with Gasteiger partial charge in [0.1, 0.15) is 5.82 Å². The fourth-order valence-electron chi connectivity index (χ4n) is 2.21. The molecule has 0 bridgehead atoms. The number of nitrogens with zero attached hydrogens (tertiary/aromatic N) is 2. The van der Waals surface area contributed by atoms with Crippen LogP contribution in [-0.4, -0.2) is 18.0 Å². The van der Waals surface area contributed by atoms with Gasteiger partial charge in [0.05, 0.1) is 11.4 Å². The first-order valence-corrected chi connectivity index (χ1v) is 8.75. The topological polar surface area (TPSA) is 52.0 Å². The molecular formula is C16H12ClFN2O2S. The van der Waals surface area contributed by atoms with Gasteiger partial charge in [0.15, 0.2) is 0 Å². The van der Waals surface area contributed by atoms with E-state index in [1.54, 1.807) is 30.3 Å². The lowest BCUT2D eigenvalue weighted by molar-refractivity contribution is 0.582. The molecule has 0 amide bonds. The summed E-state index contributed by atoms with van der Waals surface area (Å²) in [5.74, 6) is -0.659. The molecule has 118 valence electrons. The van der Waals surface area contributed by atoms with Gasteiger partial charge >= 0.3 is 0 Å². The van der Waals surface area contributed by atoms with Gasteiger partial charge in [0.25, 0.3) is 0 Å². The molecule has 0 radical (unpaired) electrons. The molecule has 0 aliphatic rings. The van der Waals surface area contributed by atoms with Crippen molar-refractivity contribution < 1.29 is 12.8 Å². The average molecular weight is 351 g/mol. The third-order valence-electron chi connectivity index (χ3n) is 3.24. The molecule has 7 heteroatoms. The van der Waals surface area contributed by atoms with Crippen molar-refractivity contribution >= 4 is 21.4 Å². The highest BCUT2D eigenvalue weighted by Crippen LogP contribution is 2.20. The van der Waals surface area contributed by atoms with Gasteiger partial charge in [0, 0.05) is 17.4 Å². The molecule has 0 unspecified atom stereocenters. The van der Waals surface area contributed by atoms with Gasteiger partial charge in [-0.25, -0.2) is 17.8 Å². The van der Waals surface area contributed by atoms with E-state index in [9.17, 15) is 12.8 Å². The van der Waals surface area contributed by atoms with Crippen LogP contribution in [-0.2, 0) is 15.6 Å². The third-order valence-corrected chi connectivity index (χ3v) is 5.07. The lowest BCUT2D eigenvalue weighted by Gasteiger charge is -2.09. The Bertz CT molecular complexity index is 937. The van der Waals surface area contributed by atoms with Crippen LogP contribution in [0, 0.1) is 5.82 Å². The van der Waals surface area contributed by atoms with Crippen molar-refractivity contribution in [2.75, 3.05) is 0 Å². The molecule has 0 spiro atoms. The highest BCUT2D eigenvalue weighted by Gasteiger charge is 2.22. The number of halogens is 2. The summed E-state index contributed by atoms with van der Waals surface area (Å²) >= 11 is 5.80. The van der Waals surface area contributed by atoms with Crippen LogP contribution in [0.3, 0.4) is 0 Å². The average Bonchev–Trinajstić information content (AvgIpc) is 3.00. The summed E-state index contributed by atoms with van der Waals surface area (Å²) in [4.78, 5) is 3.93. The monoisotopic (exact) mass is 350 g/mol. The number of benzene rings is 2. The summed E-state index contributed by atoms with van der Waals surface area (Å²) in [6, 6.07) is 12.2. The molecule has 0 N–H and O–H groups in total. The first kappa shape index (κ1) is 15.7. The molecule has 4 nitrogen and oxygen atoms in total. The Hall–Kier alpha value is -2.18. The van der Waals surface area contributed by atoms with Crippen molar-refractivity contribution in [3.63, 3.8) is 0 Å². The Morgan fingerprint density at radius 1 is 1.13 bits per heavy atom. The lowest BCUT2D eigenvalue weighted by atomic mass is 10.2. The zero-order valence-electron chi connectivity index (χ0n) is 11.9. The van der Waals surface area contributed by atoms with Crippen LogP contribution < -0.4 is 0 Å². The second-order valence-electron chi connectivity index (χ2n) is 4.95. The second kappa shape index (κ2) is 6.14. The van der Waals surface area contributed by atoms with Crippen LogP contribution >= 0.6 is 11.6 Å². The van der Waals surface area contributed by atoms with Crippen molar-refractivity contribution in [3.8, 4) is 5.69 Å². The zero-order valence-corrected chi connectivity index (χ0v) is 13.4. The molecule has 0 aliphatic carbocycles. The molecule has 0 atom stereocenters. The fraction of sp³-hybridized carbons (Fsp3) is 0.0625. The highest BCUT2D eigenvalue weighted by molar-refractivity contribution is 7.90. The Morgan fingerprint density at radius 3 is 2.57 bits per heavy atom. The van der Waals surface area contributed by atoms with Crippen molar-refractivity contribution in [1.82, 2.24) is 9.55 Å². The standard InChI is InChI=1S/C16H12ClFN2O2S/c17-13-6-4-12(5-7-13)11-23(21,22)16-19-8-9-20(16)15-3-1-2-14(18)10-15/h1-10H,11H2. The highest BCUT2D eigenvalue weighted by atomic mass is 35.5. The van der Waals surface area contributed by atoms with Crippen LogP contribution in [0.4, 0.5) is 4.39 Å². The molecular weight excluding hydrogens is 339 g/mol. The quantitative estimate of drug-likeness (QED) is 0.722. The molecule has 1 heterocycles. The Kier molecular flexibility index (Phi) is 4.19. The van der Waals surface area contributed by atoms with Gasteiger partial charge in [-0.1, -0.05) is 29.8 Å². The molecule has 1 aromatic heterocycles. The second-order valence-corrected chi connectivity index (χ2v) is 7.26. The van der Waals surface area contributed by atoms with E-state index in [2.05, 4.69) is 4.98 Å². The number of hydrogen-bond donors (Lipinski definition) is 0. The van der Waals surface area contributed by atoms with Crippen LogP contribution in [0.25, 0.3) is 5.69 Å². The molecule has 0 saturated heterocycles. The molecule has 2 aromatic carbocycles. The minimum absolute atomic E-state index is 0.127. The minimum Gasteiger partial charge on any atom is -0.291 e. The summed E-state index contributed by atoms with van der Waals surface area (Å²) in [5.41, 5.74) is 1.00. The number of sulfone groups is 1. The zero-order chi connectivity index (χ0) is 16.4. The number of imidazole rings is 1. The van der Waals surface area contributed by atoms with E-state index in [-0.39, 0.29) is 10.9 Å².